The number of methoxy groups -OCH3 is 1. The molecular weight excluding hydrogens is 370 g/mol. The van der Waals surface area contributed by atoms with Crippen molar-refractivity contribution in [2.75, 3.05) is 13.7 Å². The van der Waals surface area contributed by atoms with Crippen LogP contribution in [-0.2, 0) is 20.7 Å². The molecule has 0 aliphatic carbocycles. The second-order valence-corrected chi connectivity index (χ2v) is 7.02. The fourth-order valence-corrected chi connectivity index (χ4v) is 3.29. The molecule has 1 aliphatic heterocycles. The van der Waals surface area contributed by atoms with Gasteiger partial charge >= 0.3 is 5.97 Å². The van der Waals surface area contributed by atoms with Gasteiger partial charge in [0.2, 0.25) is 0 Å². The van der Waals surface area contributed by atoms with Gasteiger partial charge in [-0.3, -0.25) is 19.3 Å². The van der Waals surface area contributed by atoms with Crippen LogP contribution in [0.3, 0.4) is 0 Å². The Balaban J connectivity index is 2.28. The smallest absolute Gasteiger partial charge is 0.326 e. The molecule has 144 valence electrons. The molecule has 0 aromatic heterocycles. The van der Waals surface area contributed by atoms with Crippen LogP contribution in [0.4, 0.5) is 4.79 Å². The Labute approximate surface area is 161 Å². The molecule has 1 heterocycles. The van der Waals surface area contributed by atoms with Crippen LogP contribution in [-0.4, -0.2) is 46.9 Å². The first-order valence-corrected chi connectivity index (χ1v) is 9.04. The number of amides is 2. The first kappa shape index (κ1) is 20.6. The van der Waals surface area contributed by atoms with E-state index in [0.29, 0.717) is 17.5 Å². The lowest BCUT2D eigenvalue weighted by Gasteiger charge is -2.13. The van der Waals surface area contributed by atoms with Crippen LogP contribution >= 0.6 is 11.8 Å². The number of hydrogen-bond acceptors (Lipinski definition) is 7. The van der Waals surface area contributed by atoms with Crippen LogP contribution in [0.25, 0.3) is 6.08 Å². The maximum Gasteiger partial charge on any atom is 0.326 e. The third-order valence-electron chi connectivity index (χ3n) is 3.59. The number of imide groups is 1. The molecule has 2 amide bonds. The molecule has 0 spiro atoms. The van der Waals surface area contributed by atoms with Crippen LogP contribution in [0, 0.1) is 0 Å². The summed E-state index contributed by atoms with van der Waals surface area (Å²) in [7, 11) is 1.42. The van der Waals surface area contributed by atoms with Gasteiger partial charge in [-0.2, -0.15) is 0 Å². The summed E-state index contributed by atoms with van der Waals surface area (Å²) < 4.78 is 10.1. The minimum Gasteiger partial charge on any atom is -0.504 e. The topological polar surface area (TPSA) is 93.1 Å². The predicted molar refractivity (Wildman–Crippen MR) is 102 cm³/mol. The summed E-state index contributed by atoms with van der Waals surface area (Å²) in [5.41, 5.74) is 1.16. The van der Waals surface area contributed by atoms with Gasteiger partial charge in [-0.15, -0.1) is 6.58 Å². The molecule has 1 aromatic carbocycles. The Kier molecular flexibility index (Phi) is 6.68. The number of hydrogen-bond donors (Lipinski definition) is 1. The van der Waals surface area contributed by atoms with E-state index in [1.54, 1.807) is 32.1 Å². The van der Waals surface area contributed by atoms with Crippen molar-refractivity contribution in [1.29, 1.82) is 0 Å². The highest BCUT2D eigenvalue weighted by Crippen LogP contribution is 2.36. The Morgan fingerprint density at radius 2 is 2.07 bits per heavy atom. The third kappa shape index (κ3) is 4.91. The molecule has 2 rings (SSSR count). The molecule has 0 radical (unpaired) electrons. The molecule has 8 heteroatoms. The fourth-order valence-electron chi connectivity index (χ4n) is 2.46. The van der Waals surface area contributed by atoms with E-state index in [9.17, 15) is 19.5 Å². The van der Waals surface area contributed by atoms with Crippen LogP contribution in [0.5, 0.6) is 11.5 Å². The lowest BCUT2D eigenvalue weighted by molar-refractivity contribution is -0.149. The van der Waals surface area contributed by atoms with E-state index in [4.69, 9.17) is 9.47 Å². The van der Waals surface area contributed by atoms with E-state index in [1.807, 2.05) is 0 Å². The molecule has 0 atom stereocenters. The molecule has 0 unspecified atom stereocenters. The van der Waals surface area contributed by atoms with E-state index < -0.39 is 23.7 Å². The zero-order valence-corrected chi connectivity index (χ0v) is 16.2. The van der Waals surface area contributed by atoms with Crippen LogP contribution in [0.1, 0.15) is 25.0 Å². The van der Waals surface area contributed by atoms with Crippen molar-refractivity contribution >= 4 is 35.0 Å². The number of carbonyl (C=O) groups is 3. The first-order valence-electron chi connectivity index (χ1n) is 8.22. The van der Waals surface area contributed by atoms with Crippen LogP contribution in [0.2, 0.25) is 0 Å². The average Bonchev–Trinajstić information content (AvgIpc) is 2.84. The number of esters is 1. The van der Waals surface area contributed by atoms with E-state index in [1.165, 1.54) is 13.2 Å². The van der Waals surface area contributed by atoms with Gasteiger partial charge in [-0.25, -0.2) is 0 Å². The number of benzene rings is 1. The van der Waals surface area contributed by atoms with Crippen molar-refractivity contribution in [3.05, 3.63) is 40.8 Å². The third-order valence-corrected chi connectivity index (χ3v) is 4.49. The quantitative estimate of drug-likeness (QED) is 0.434. The lowest BCUT2D eigenvalue weighted by Crippen LogP contribution is -2.35. The van der Waals surface area contributed by atoms with Crippen LogP contribution < -0.4 is 4.74 Å². The number of rotatable bonds is 7. The minimum atomic E-state index is -0.645. The second-order valence-electron chi connectivity index (χ2n) is 6.03. The van der Waals surface area contributed by atoms with E-state index >= 15 is 0 Å². The zero-order valence-electron chi connectivity index (χ0n) is 15.4. The zero-order chi connectivity index (χ0) is 20.1. The number of ether oxygens (including phenoxy) is 2. The largest absolute Gasteiger partial charge is 0.504 e. The summed E-state index contributed by atoms with van der Waals surface area (Å²) in [6.45, 7) is 6.59. The lowest BCUT2D eigenvalue weighted by atomic mass is 10.1. The number of phenols is 1. The standard InChI is InChI=1S/C19H21NO6S/c1-5-6-13-7-12(8-14(25-4)17(13)22)9-15-18(23)20(19(24)27-15)10-16(21)26-11(2)3/h5,7-9,11,22H,1,6,10H2,2-4H3/b15-9-. The summed E-state index contributed by atoms with van der Waals surface area (Å²) in [5.74, 6) is -0.962. The maximum atomic E-state index is 12.5. The number of allylic oxidation sites excluding steroid dienone is 1. The molecule has 1 aromatic rings. The minimum absolute atomic E-state index is 0.000847. The average molecular weight is 391 g/mol. The molecule has 1 aliphatic rings. The normalized spacial score (nSPS) is 15.6. The molecule has 0 bridgehead atoms. The summed E-state index contributed by atoms with van der Waals surface area (Å²) in [6.07, 6.45) is 3.23. The van der Waals surface area contributed by atoms with E-state index in [-0.39, 0.29) is 22.5 Å². The molecule has 27 heavy (non-hydrogen) atoms. The molecule has 1 saturated heterocycles. The SMILES string of the molecule is C=CCc1cc(/C=C2\SC(=O)N(CC(=O)OC(C)C)C2=O)cc(OC)c1O. The number of thioether (sulfide) groups is 1. The van der Waals surface area contributed by atoms with Gasteiger partial charge in [0.15, 0.2) is 11.5 Å². The van der Waals surface area contributed by atoms with Gasteiger partial charge in [0.05, 0.1) is 18.1 Å². The number of aromatic hydroxyl groups is 1. The van der Waals surface area contributed by atoms with E-state index in [0.717, 1.165) is 16.7 Å². The summed E-state index contributed by atoms with van der Waals surface area (Å²) in [6, 6.07) is 3.24. The number of phenolic OH excluding ortho intramolecular Hbond substituents is 1. The predicted octanol–water partition coefficient (Wildman–Crippen LogP) is 3.12. The molecule has 7 nitrogen and oxygen atoms in total. The second kappa shape index (κ2) is 8.77. The number of carbonyl (C=O) groups excluding carboxylic acids is 3. The van der Waals surface area contributed by atoms with Gasteiger partial charge < -0.3 is 14.6 Å². The summed E-state index contributed by atoms with van der Waals surface area (Å²) in [5, 5.41) is 9.60. The Morgan fingerprint density at radius 1 is 1.37 bits per heavy atom. The highest BCUT2D eigenvalue weighted by Gasteiger charge is 2.36. The first-order chi connectivity index (χ1) is 12.8. The molecule has 0 saturated carbocycles. The summed E-state index contributed by atoms with van der Waals surface area (Å²) >= 11 is 0.742. The van der Waals surface area contributed by atoms with Gasteiger partial charge in [0.1, 0.15) is 6.54 Å². The number of nitrogens with zero attached hydrogens (tertiary/aromatic N) is 1. The van der Waals surface area contributed by atoms with Gasteiger partial charge in [0, 0.05) is 5.56 Å². The summed E-state index contributed by atoms with van der Waals surface area (Å²) in [4.78, 5) is 37.4. The highest BCUT2D eigenvalue weighted by molar-refractivity contribution is 8.18. The molecule has 1 fully saturated rings. The molecular formula is C19H21NO6S. The van der Waals surface area contributed by atoms with Crippen molar-refractivity contribution in [2.45, 2.75) is 26.4 Å². The maximum absolute atomic E-state index is 12.5. The Hall–Kier alpha value is -2.74. The van der Waals surface area contributed by atoms with Gasteiger partial charge in [-0.05, 0) is 55.8 Å². The van der Waals surface area contributed by atoms with Crippen molar-refractivity contribution in [2.24, 2.45) is 0 Å². The van der Waals surface area contributed by atoms with Gasteiger partial charge in [0.25, 0.3) is 11.1 Å². The Bertz CT molecular complexity index is 815. The van der Waals surface area contributed by atoms with Crippen molar-refractivity contribution in [3.63, 3.8) is 0 Å². The highest BCUT2D eigenvalue weighted by atomic mass is 32.2. The van der Waals surface area contributed by atoms with Crippen molar-refractivity contribution in [3.8, 4) is 11.5 Å². The Morgan fingerprint density at radius 3 is 2.67 bits per heavy atom. The molecule has 1 N–H and O–H groups in total. The van der Waals surface area contributed by atoms with Crippen molar-refractivity contribution < 1.29 is 29.0 Å². The fraction of sp³-hybridized carbons (Fsp3) is 0.316. The monoisotopic (exact) mass is 391 g/mol. The van der Waals surface area contributed by atoms with Gasteiger partial charge in [-0.1, -0.05) is 6.08 Å². The van der Waals surface area contributed by atoms with E-state index in [2.05, 4.69) is 6.58 Å². The van der Waals surface area contributed by atoms with Crippen LogP contribution in [0.15, 0.2) is 29.7 Å². The van der Waals surface area contributed by atoms with Crippen molar-refractivity contribution in [1.82, 2.24) is 4.90 Å².